The first-order chi connectivity index (χ1) is 9.79. The highest BCUT2D eigenvalue weighted by Crippen LogP contribution is 2.27. The molecular formula is C17H26ClNO. The van der Waals surface area contributed by atoms with Gasteiger partial charge in [0.1, 0.15) is 0 Å². The molecule has 0 amide bonds. The quantitative estimate of drug-likeness (QED) is 0.766. The predicted molar refractivity (Wildman–Crippen MR) is 85.3 cm³/mol. The van der Waals surface area contributed by atoms with Gasteiger partial charge < -0.3 is 10.1 Å². The van der Waals surface area contributed by atoms with Crippen LogP contribution < -0.4 is 5.32 Å². The summed E-state index contributed by atoms with van der Waals surface area (Å²) in [5.74, 6) is 0. The first kappa shape index (κ1) is 15.8. The Balaban J connectivity index is 2.00. The minimum atomic E-state index is 0.135. The monoisotopic (exact) mass is 295 g/mol. The molecule has 0 aromatic heterocycles. The summed E-state index contributed by atoms with van der Waals surface area (Å²) >= 11 is 5.98. The first-order valence-electron chi connectivity index (χ1n) is 7.91. The minimum Gasteiger partial charge on any atom is -0.369 e. The molecule has 0 spiro atoms. The van der Waals surface area contributed by atoms with Crippen molar-refractivity contribution in [2.24, 2.45) is 0 Å². The van der Waals surface area contributed by atoms with Crippen LogP contribution in [-0.4, -0.2) is 19.2 Å². The van der Waals surface area contributed by atoms with Crippen molar-refractivity contribution in [3.05, 3.63) is 34.9 Å². The van der Waals surface area contributed by atoms with Gasteiger partial charge in [0.2, 0.25) is 0 Å². The summed E-state index contributed by atoms with van der Waals surface area (Å²) in [5, 5.41) is 4.19. The van der Waals surface area contributed by atoms with E-state index in [1.807, 2.05) is 12.1 Å². The molecule has 1 saturated carbocycles. The molecule has 1 atom stereocenters. The number of ether oxygens (including phenoxy) is 1. The minimum absolute atomic E-state index is 0.135. The van der Waals surface area contributed by atoms with E-state index in [9.17, 15) is 0 Å². The van der Waals surface area contributed by atoms with E-state index in [1.54, 1.807) is 0 Å². The molecule has 0 heterocycles. The topological polar surface area (TPSA) is 21.3 Å². The van der Waals surface area contributed by atoms with E-state index in [0.717, 1.165) is 18.1 Å². The Labute approximate surface area is 127 Å². The molecule has 1 N–H and O–H groups in total. The van der Waals surface area contributed by atoms with Crippen LogP contribution in [0.5, 0.6) is 0 Å². The fourth-order valence-corrected chi connectivity index (χ4v) is 2.93. The summed E-state index contributed by atoms with van der Waals surface area (Å²) in [6, 6.07) is 8.07. The standard InChI is InChI=1S/C17H26ClNO/c1-2-19-13-17(14-9-11-15(18)12-10-14)20-16-7-5-3-4-6-8-16/h9-12,16-17,19H,2-8,13H2,1H3. The Morgan fingerprint density at radius 3 is 2.40 bits per heavy atom. The summed E-state index contributed by atoms with van der Waals surface area (Å²) in [6.45, 7) is 3.97. The van der Waals surface area contributed by atoms with Crippen LogP contribution in [0.4, 0.5) is 0 Å². The molecule has 1 aromatic carbocycles. The molecule has 1 aromatic rings. The average molecular weight is 296 g/mol. The van der Waals surface area contributed by atoms with Gasteiger partial charge in [-0.05, 0) is 37.1 Å². The van der Waals surface area contributed by atoms with Gasteiger partial charge in [-0.3, -0.25) is 0 Å². The molecular weight excluding hydrogens is 270 g/mol. The third-order valence-corrected chi connectivity index (χ3v) is 4.23. The Bertz CT molecular complexity index is 371. The van der Waals surface area contributed by atoms with E-state index in [1.165, 1.54) is 44.1 Å². The van der Waals surface area contributed by atoms with Crippen LogP contribution in [0.2, 0.25) is 5.02 Å². The van der Waals surface area contributed by atoms with Crippen molar-refractivity contribution < 1.29 is 4.74 Å². The maximum absolute atomic E-state index is 6.39. The highest BCUT2D eigenvalue weighted by atomic mass is 35.5. The van der Waals surface area contributed by atoms with Crippen LogP contribution in [0.15, 0.2) is 24.3 Å². The van der Waals surface area contributed by atoms with Gasteiger partial charge in [0.25, 0.3) is 0 Å². The molecule has 0 aliphatic heterocycles. The zero-order valence-electron chi connectivity index (χ0n) is 12.4. The lowest BCUT2D eigenvalue weighted by molar-refractivity contribution is -0.0199. The van der Waals surface area contributed by atoms with E-state index in [-0.39, 0.29) is 6.10 Å². The Kier molecular flexibility index (Phi) is 6.85. The molecule has 3 heteroatoms. The van der Waals surface area contributed by atoms with Crippen molar-refractivity contribution in [2.45, 2.75) is 57.7 Å². The normalized spacial score (nSPS) is 18.7. The van der Waals surface area contributed by atoms with Crippen LogP contribution in [0.1, 0.15) is 57.1 Å². The summed E-state index contributed by atoms with van der Waals surface area (Å²) in [6.07, 6.45) is 8.29. The number of hydrogen-bond donors (Lipinski definition) is 1. The fraction of sp³-hybridized carbons (Fsp3) is 0.647. The van der Waals surface area contributed by atoms with Crippen molar-refractivity contribution in [2.75, 3.05) is 13.1 Å². The average Bonchev–Trinajstić information content (AvgIpc) is 2.73. The van der Waals surface area contributed by atoms with Gasteiger partial charge in [-0.1, -0.05) is 56.3 Å². The van der Waals surface area contributed by atoms with Crippen LogP contribution in [0.25, 0.3) is 0 Å². The second-order valence-corrected chi connectivity index (χ2v) is 6.03. The molecule has 1 aliphatic rings. The second-order valence-electron chi connectivity index (χ2n) is 5.60. The van der Waals surface area contributed by atoms with Crippen LogP contribution in [0.3, 0.4) is 0 Å². The molecule has 2 rings (SSSR count). The van der Waals surface area contributed by atoms with Gasteiger partial charge in [0.05, 0.1) is 12.2 Å². The lowest BCUT2D eigenvalue weighted by Gasteiger charge is -2.25. The maximum atomic E-state index is 6.39. The zero-order chi connectivity index (χ0) is 14.2. The van der Waals surface area contributed by atoms with E-state index >= 15 is 0 Å². The second kappa shape index (κ2) is 8.66. The van der Waals surface area contributed by atoms with Gasteiger partial charge in [-0.25, -0.2) is 0 Å². The third-order valence-electron chi connectivity index (χ3n) is 3.98. The Hall–Kier alpha value is -0.570. The summed E-state index contributed by atoms with van der Waals surface area (Å²) in [7, 11) is 0. The lowest BCUT2D eigenvalue weighted by Crippen LogP contribution is -2.26. The van der Waals surface area contributed by atoms with E-state index < -0.39 is 0 Å². The van der Waals surface area contributed by atoms with Gasteiger partial charge >= 0.3 is 0 Å². The van der Waals surface area contributed by atoms with Gasteiger partial charge in [0, 0.05) is 11.6 Å². The van der Waals surface area contributed by atoms with Gasteiger partial charge in [-0.15, -0.1) is 0 Å². The van der Waals surface area contributed by atoms with Gasteiger partial charge in [0.15, 0.2) is 0 Å². The number of benzene rings is 1. The molecule has 20 heavy (non-hydrogen) atoms. The number of hydrogen-bond acceptors (Lipinski definition) is 2. The molecule has 0 bridgehead atoms. The first-order valence-corrected chi connectivity index (χ1v) is 8.29. The predicted octanol–water partition coefficient (Wildman–Crippen LogP) is 4.73. The summed E-state index contributed by atoms with van der Waals surface area (Å²) < 4.78 is 6.39. The van der Waals surface area contributed by atoms with Gasteiger partial charge in [-0.2, -0.15) is 0 Å². The van der Waals surface area contributed by atoms with Crippen LogP contribution in [0, 0.1) is 0 Å². The largest absolute Gasteiger partial charge is 0.369 e. The summed E-state index contributed by atoms with van der Waals surface area (Å²) in [5.41, 5.74) is 1.22. The van der Waals surface area contributed by atoms with Crippen molar-refractivity contribution in [1.29, 1.82) is 0 Å². The molecule has 1 fully saturated rings. The Morgan fingerprint density at radius 2 is 1.80 bits per heavy atom. The Morgan fingerprint density at radius 1 is 1.15 bits per heavy atom. The van der Waals surface area contributed by atoms with Crippen molar-refractivity contribution in [3.8, 4) is 0 Å². The highest BCUT2D eigenvalue weighted by molar-refractivity contribution is 6.30. The molecule has 0 radical (unpaired) electrons. The molecule has 2 nitrogen and oxygen atoms in total. The number of likely N-dealkylation sites (N-methyl/N-ethyl adjacent to an activating group) is 1. The summed E-state index contributed by atoms with van der Waals surface area (Å²) in [4.78, 5) is 0. The highest BCUT2D eigenvalue weighted by Gasteiger charge is 2.19. The van der Waals surface area contributed by atoms with E-state index in [0.29, 0.717) is 6.10 Å². The molecule has 1 unspecified atom stereocenters. The number of nitrogens with one attached hydrogen (secondary N) is 1. The third kappa shape index (κ3) is 5.08. The van der Waals surface area contributed by atoms with Crippen molar-refractivity contribution in [1.82, 2.24) is 5.32 Å². The molecule has 0 saturated heterocycles. The lowest BCUT2D eigenvalue weighted by atomic mass is 10.1. The van der Waals surface area contributed by atoms with Crippen molar-refractivity contribution in [3.63, 3.8) is 0 Å². The van der Waals surface area contributed by atoms with Crippen LogP contribution in [-0.2, 0) is 4.74 Å². The molecule has 1 aliphatic carbocycles. The van der Waals surface area contributed by atoms with Crippen molar-refractivity contribution >= 4 is 11.6 Å². The fourth-order valence-electron chi connectivity index (χ4n) is 2.81. The van der Waals surface area contributed by atoms with E-state index in [2.05, 4.69) is 24.4 Å². The van der Waals surface area contributed by atoms with E-state index in [4.69, 9.17) is 16.3 Å². The maximum Gasteiger partial charge on any atom is 0.0952 e. The SMILES string of the molecule is CCNCC(OC1CCCCCC1)c1ccc(Cl)cc1. The number of rotatable bonds is 6. The zero-order valence-corrected chi connectivity index (χ0v) is 13.2. The smallest absolute Gasteiger partial charge is 0.0952 e. The number of halogens is 1. The molecule has 112 valence electrons. The van der Waals surface area contributed by atoms with Crippen LogP contribution >= 0.6 is 11.6 Å².